The molecule has 1 aromatic carbocycles. The van der Waals surface area contributed by atoms with Gasteiger partial charge in [-0.2, -0.15) is 5.10 Å². The van der Waals surface area contributed by atoms with Crippen molar-refractivity contribution in [2.24, 2.45) is 5.73 Å². The summed E-state index contributed by atoms with van der Waals surface area (Å²) < 4.78 is 1.79. The molecule has 4 heteroatoms. The van der Waals surface area contributed by atoms with E-state index in [0.29, 0.717) is 5.15 Å². The van der Waals surface area contributed by atoms with Gasteiger partial charge >= 0.3 is 0 Å². The molecule has 0 fully saturated rings. The Bertz CT molecular complexity index is 488. The Morgan fingerprint density at radius 1 is 1.53 bits per heavy atom. The largest absolute Gasteiger partial charge is 0.324 e. The van der Waals surface area contributed by atoms with Gasteiger partial charge in [0, 0.05) is 18.0 Å². The van der Waals surface area contributed by atoms with Gasteiger partial charge in [0.05, 0.1) is 5.52 Å². The molecule has 80 valence electrons. The number of hydrogen-bond donors (Lipinski definition) is 1. The lowest BCUT2D eigenvalue weighted by atomic mass is 10.1. The van der Waals surface area contributed by atoms with Crippen LogP contribution in [0.3, 0.4) is 0 Å². The number of rotatable bonds is 2. The maximum Gasteiger partial charge on any atom is 0.134 e. The molecule has 0 aliphatic rings. The number of nitrogens with two attached hydrogens (primary N) is 1. The summed E-state index contributed by atoms with van der Waals surface area (Å²) in [4.78, 5) is 0. The highest BCUT2D eigenvalue weighted by Crippen LogP contribution is 2.27. The van der Waals surface area contributed by atoms with Gasteiger partial charge in [0.1, 0.15) is 5.15 Å². The average Bonchev–Trinajstić information content (AvgIpc) is 2.55. The molecule has 1 unspecified atom stereocenters. The van der Waals surface area contributed by atoms with Crippen LogP contribution in [0.1, 0.15) is 25.5 Å². The minimum Gasteiger partial charge on any atom is -0.324 e. The number of nitrogens with zero attached hydrogens (tertiary/aromatic N) is 2. The Balaban J connectivity index is 2.76. The van der Waals surface area contributed by atoms with Crippen LogP contribution in [-0.4, -0.2) is 9.78 Å². The Morgan fingerprint density at radius 3 is 2.87 bits per heavy atom. The summed E-state index contributed by atoms with van der Waals surface area (Å²) in [6.07, 6.45) is 0. The van der Waals surface area contributed by atoms with Gasteiger partial charge in [0.15, 0.2) is 0 Å². The third-order valence-corrected chi connectivity index (χ3v) is 2.93. The van der Waals surface area contributed by atoms with Crippen LogP contribution in [0.15, 0.2) is 18.2 Å². The zero-order valence-corrected chi connectivity index (χ0v) is 9.62. The van der Waals surface area contributed by atoms with Crippen molar-refractivity contribution in [3.05, 3.63) is 28.9 Å². The predicted molar refractivity (Wildman–Crippen MR) is 63.0 cm³/mol. The van der Waals surface area contributed by atoms with Crippen molar-refractivity contribution in [1.82, 2.24) is 9.78 Å². The quantitative estimate of drug-likeness (QED) is 0.851. The third-order valence-electron chi connectivity index (χ3n) is 2.53. The molecular weight excluding hydrogens is 210 g/mol. The van der Waals surface area contributed by atoms with E-state index < -0.39 is 0 Å². The molecule has 2 N–H and O–H groups in total. The number of aromatic nitrogens is 2. The van der Waals surface area contributed by atoms with Crippen LogP contribution >= 0.6 is 11.6 Å². The van der Waals surface area contributed by atoms with Crippen LogP contribution in [0.25, 0.3) is 10.9 Å². The highest BCUT2D eigenvalue weighted by atomic mass is 35.5. The molecular formula is C11H14ClN3. The minimum atomic E-state index is -0.0232. The molecule has 1 heterocycles. The Morgan fingerprint density at radius 2 is 2.27 bits per heavy atom. The van der Waals surface area contributed by atoms with E-state index in [0.717, 1.165) is 23.0 Å². The lowest BCUT2D eigenvalue weighted by molar-refractivity contribution is 0.666. The van der Waals surface area contributed by atoms with E-state index in [4.69, 9.17) is 17.3 Å². The van der Waals surface area contributed by atoms with Crippen molar-refractivity contribution in [3.8, 4) is 0 Å². The normalized spacial score (nSPS) is 13.3. The van der Waals surface area contributed by atoms with Gasteiger partial charge < -0.3 is 5.73 Å². The number of halogens is 1. The maximum absolute atomic E-state index is 6.19. The Labute approximate surface area is 93.8 Å². The van der Waals surface area contributed by atoms with Gasteiger partial charge in [-0.1, -0.05) is 23.7 Å². The van der Waals surface area contributed by atoms with E-state index in [2.05, 4.69) is 5.10 Å². The summed E-state index contributed by atoms with van der Waals surface area (Å²) in [7, 11) is 0. The van der Waals surface area contributed by atoms with E-state index in [-0.39, 0.29) is 6.04 Å². The first kappa shape index (κ1) is 10.5. The van der Waals surface area contributed by atoms with Crippen LogP contribution < -0.4 is 5.73 Å². The number of aryl methyl sites for hydroxylation is 1. The van der Waals surface area contributed by atoms with Crippen LogP contribution in [0.4, 0.5) is 0 Å². The zero-order valence-electron chi connectivity index (χ0n) is 8.87. The zero-order chi connectivity index (χ0) is 11.0. The second-order valence-corrected chi connectivity index (χ2v) is 4.00. The predicted octanol–water partition coefficient (Wildman–Crippen LogP) is 2.73. The molecule has 1 atom stereocenters. The number of fused-ring (bicyclic) bond motifs is 1. The maximum atomic E-state index is 6.19. The average molecular weight is 224 g/mol. The first-order valence-electron chi connectivity index (χ1n) is 5.05. The SMILES string of the molecule is CCn1nc2c(C(C)N)cccc2c1Cl. The van der Waals surface area contributed by atoms with Crippen LogP contribution in [0, 0.1) is 0 Å². The smallest absolute Gasteiger partial charge is 0.134 e. The second-order valence-electron chi connectivity index (χ2n) is 3.64. The first-order chi connectivity index (χ1) is 7.15. The van der Waals surface area contributed by atoms with E-state index in [9.17, 15) is 0 Å². The van der Waals surface area contributed by atoms with Crippen molar-refractivity contribution in [2.75, 3.05) is 0 Å². The summed E-state index contributed by atoms with van der Waals surface area (Å²) in [5, 5.41) is 6.13. The van der Waals surface area contributed by atoms with Gasteiger partial charge in [-0.15, -0.1) is 0 Å². The standard InChI is InChI=1S/C11H14ClN3/c1-3-15-11(12)9-6-4-5-8(7(2)13)10(9)14-15/h4-7H,3,13H2,1-2H3. The summed E-state index contributed by atoms with van der Waals surface area (Å²) >= 11 is 6.19. The molecule has 1 aromatic heterocycles. The molecule has 2 rings (SSSR count). The Kier molecular flexibility index (Phi) is 2.67. The van der Waals surface area contributed by atoms with Gasteiger partial charge in [0.2, 0.25) is 0 Å². The highest BCUT2D eigenvalue weighted by Gasteiger charge is 2.12. The number of hydrogen-bond acceptors (Lipinski definition) is 2. The van der Waals surface area contributed by atoms with Gasteiger partial charge in [-0.25, -0.2) is 0 Å². The van der Waals surface area contributed by atoms with E-state index in [1.807, 2.05) is 32.0 Å². The number of benzene rings is 1. The second kappa shape index (κ2) is 3.83. The van der Waals surface area contributed by atoms with E-state index >= 15 is 0 Å². The van der Waals surface area contributed by atoms with Crippen molar-refractivity contribution < 1.29 is 0 Å². The van der Waals surface area contributed by atoms with Crippen molar-refractivity contribution in [2.45, 2.75) is 26.4 Å². The van der Waals surface area contributed by atoms with Gasteiger partial charge in [-0.05, 0) is 25.5 Å². The van der Waals surface area contributed by atoms with E-state index in [1.54, 1.807) is 4.68 Å². The van der Waals surface area contributed by atoms with Crippen molar-refractivity contribution in [1.29, 1.82) is 0 Å². The molecule has 3 nitrogen and oxygen atoms in total. The summed E-state index contributed by atoms with van der Waals surface area (Å²) in [6.45, 7) is 4.74. The topological polar surface area (TPSA) is 43.8 Å². The van der Waals surface area contributed by atoms with Gasteiger partial charge in [-0.3, -0.25) is 4.68 Å². The molecule has 15 heavy (non-hydrogen) atoms. The molecule has 0 amide bonds. The fourth-order valence-corrected chi connectivity index (χ4v) is 2.03. The van der Waals surface area contributed by atoms with Crippen LogP contribution in [0.5, 0.6) is 0 Å². The molecule has 0 aliphatic heterocycles. The molecule has 0 saturated heterocycles. The lowest BCUT2D eigenvalue weighted by Crippen LogP contribution is -2.05. The molecule has 0 spiro atoms. The molecule has 0 saturated carbocycles. The summed E-state index contributed by atoms with van der Waals surface area (Å²) in [5.74, 6) is 0. The monoisotopic (exact) mass is 223 g/mol. The molecule has 0 bridgehead atoms. The third kappa shape index (κ3) is 1.62. The molecule has 2 aromatic rings. The molecule has 0 aliphatic carbocycles. The highest BCUT2D eigenvalue weighted by molar-refractivity contribution is 6.34. The Hall–Kier alpha value is -1.06. The minimum absolute atomic E-state index is 0.0232. The van der Waals surface area contributed by atoms with Gasteiger partial charge in [0.25, 0.3) is 0 Å². The molecule has 0 radical (unpaired) electrons. The van der Waals surface area contributed by atoms with Crippen LogP contribution in [0.2, 0.25) is 5.15 Å². The summed E-state index contributed by atoms with van der Waals surface area (Å²) in [5.41, 5.74) is 7.85. The summed E-state index contributed by atoms with van der Waals surface area (Å²) in [6, 6.07) is 5.91. The van der Waals surface area contributed by atoms with Crippen LogP contribution in [-0.2, 0) is 6.54 Å². The fraction of sp³-hybridized carbons (Fsp3) is 0.364. The fourth-order valence-electron chi connectivity index (χ4n) is 1.72. The lowest BCUT2D eigenvalue weighted by Gasteiger charge is -2.04. The van der Waals surface area contributed by atoms with Crippen molar-refractivity contribution in [3.63, 3.8) is 0 Å². The first-order valence-corrected chi connectivity index (χ1v) is 5.43. The van der Waals surface area contributed by atoms with Crippen molar-refractivity contribution >= 4 is 22.5 Å². The van der Waals surface area contributed by atoms with E-state index in [1.165, 1.54) is 0 Å².